The molecule has 4 N–H and O–H groups in total. The second-order valence-corrected chi connectivity index (χ2v) is 3.13. The highest BCUT2D eigenvalue weighted by Crippen LogP contribution is 2.22. The average Bonchev–Trinajstić information content (AvgIpc) is 1.88. The second kappa shape index (κ2) is 3.17. The van der Waals surface area contributed by atoms with Gasteiger partial charge in [-0.2, -0.15) is 0 Å². The van der Waals surface area contributed by atoms with Crippen molar-refractivity contribution in [2.75, 3.05) is 0 Å². The number of allylic oxidation sites excluding steroid dienone is 1. The zero-order valence-electron chi connectivity index (χ0n) is 6.38. The van der Waals surface area contributed by atoms with Gasteiger partial charge < -0.3 is 5.11 Å². The highest BCUT2D eigenvalue weighted by molar-refractivity contribution is 4.97. The van der Waals surface area contributed by atoms with Gasteiger partial charge in [0.05, 0.1) is 5.92 Å². The molecular formula is C8H16NO+. The molecule has 2 nitrogen and oxygen atoms in total. The van der Waals surface area contributed by atoms with Crippen LogP contribution in [0.15, 0.2) is 12.2 Å². The van der Waals surface area contributed by atoms with E-state index in [1.54, 1.807) is 0 Å². The Balaban J connectivity index is 2.45. The Hall–Kier alpha value is -0.340. The molecule has 10 heavy (non-hydrogen) atoms. The largest absolute Gasteiger partial charge is 0.431 e. The van der Waals surface area contributed by atoms with Crippen molar-refractivity contribution >= 4 is 0 Å². The summed E-state index contributed by atoms with van der Waals surface area (Å²) in [6.07, 6.45) is 6.12. The summed E-state index contributed by atoms with van der Waals surface area (Å²) in [4.78, 5) is 0. The normalized spacial score (nSPS) is 35.9. The van der Waals surface area contributed by atoms with E-state index in [2.05, 4.69) is 19.1 Å². The van der Waals surface area contributed by atoms with Crippen molar-refractivity contribution in [2.45, 2.75) is 26.0 Å². The third kappa shape index (κ3) is 1.82. The molecule has 1 aliphatic rings. The number of hydrogen-bond acceptors (Lipinski definition) is 1. The van der Waals surface area contributed by atoms with Gasteiger partial charge in [0.15, 0.2) is 0 Å². The highest BCUT2D eigenvalue weighted by Gasteiger charge is 2.19. The van der Waals surface area contributed by atoms with Gasteiger partial charge in [-0.3, -0.25) is 5.73 Å². The lowest BCUT2D eigenvalue weighted by molar-refractivity contribution is 0.126. The smallest absolute Gasteiger partial charge is 0.214 e. The van der Waals surface area contributed by atoms with Gasteiger partial charge in [0.25, 0.3) is 0 Å². The van der Waals surface area contributed by atoms with E-state index in [0.29, 0.717) is 11.8 Å². The van der Waals surface area contributed by atoms with E-state index in [1.165, 1.54) is 6.42 Å². The van der Waals surface area contributed by atoms with E-state index in [4.69, 9.17) is 10.8 Å². The molecule has 3 atom stereocenters. The Bertz CT molecular complexity index is 131. The summed E-state index contributed by atoms with van der Waals surface area (Å²) >= 11 is 0. The first-order valence-corrected chi connectivity index (χ1v) is 3.85. The summed E-state index contributed by atoms with van der Waals surface area (Å²) in [6, 6.07) is 0. The molecule has 0 aromatic carbocycles. The first-order valence-electron chi connectivity index (χ1n) is 3.85. The zero-order valence-corrected chi connectivity index (χ0v) is 6.38. The molecule has 0 aliphatic heterocycles. The summed E-state index contributed by atoms with van der Waals surface area (Å²) < 4.78 is 0. The summed E-state index contributed by atoms with van der Waals surface area (Å²) in [6.45, 7) is 2.20. The SMILES string of the molecule is C[C@@H]1C=CC([C@@H](N)[OH2+])CC1. The van der Waals surface area contributed by atoms with Gasteiger partial charge in [0.1, 0.15) is 0 Å². The van der Waals surface area contributed by atoms with E-state index in [-0.39, 0.29) is 0 Å². The van der Waals surface area contributed by atoms with Gasteiger partial charge in [0, 0.05) is 0 Å². The third-order valence-corrected chi connectivity index (χ3v) is 2.10. The Morgan fingerprint density at radius 1 is 1.50 bits per heavy atom. The molecule has 2 heteroatoms. The summed E-state index contributed by atoms with van der Waals surface area (Å²) in [5.41, 5.74) is 5.43. The Morgan fingerprint density at radius 2 is 2.20 bits per heavy atom. The third-order valence-electron chi connectivity index (χ3n) is 2.10. The van der Waals surface area contributed by atoms with Crippen LogP contribution >= 0.6 is 0 Å². The Kier molecular flexibility index (Phi) is 2.46. The number of rotatable bonds is 1. The van der Waals surface area contributed by atoms with Crippen molar-refractivity contribution in [3.8, 4) is 0 Å². The molecule has 0 heterocycles. The predicted molar refractivity (Wildman–Crippen MR) is 42.6 cm³/mol. The van der Waals surface area contributed by atoms with Crippen molar-refractivity contribution in [3.05, 3.63) is 12.2 Å². The molecule has 58 valence electrons. The molecular weight excluding hydrogens is 126 g/mol. The van der Waals surface area contributed by atoms with Crippen LogP contribution in [0.5, 0.6) is 0 Å². The van der Waals surface area contributed by atoms with Gasteiger partial charge >= 0.3 is 0 Å². The summed E-state index contributed by atoms with van der Waals surface area (Å²) in [5.74, 6) is 0.992. The van der Waals surface area contributed by atoms with Crippen molar-refractivity contribution in [3.63, 3.8) is 0 Å². The molecule has 0 saturated carbocycles. The first-order chi connectivity index (χ1) is 4.70. The minimum atomic E-state index is -0.413. The average molecular weight is 142 g/mol. The fraction of sp³-hybridized carbons (Fsp3) is 0.750. The van der Waals surface area contributed by atoms with Gasteiger partial charge in [0.2, 0.25) is 6.23 Å². The number of nitrogens with two attached hydrogens (primary N) is 1. The van der Waals surface area contributed by atoms with Crippen LogP contribution in [0.4, 0.5) is 0 Å². The molecule has 0 saturated heterocycles. The summed E-state index contributed by atoms with van der Waals surface area (Å²) in [7, 11) is 0. The van der Waals surface area contributed by atoms with Crippen molar-refractivity contribution in [1.29, 1.82) is 0 Å². The monoisotopic (exact) mass is 142 g/mol. The van der Waals surface area contributed by atoms with Gasteiger partial charge in [-0.05, 0) is 18.8 Å². The van der Waals surface area contributed by atoms with Crippen LogP contribution in [0, 0.1) is 11.8 Å². The van der Waals surface area contributed by atoms with E-state index in [1.807, 2.05) is 0 Å². The van der Waals surface area contributed by atoms with Crippen molar-refractivity contribution < 1.29 is 5.11 Å². The van der Waals surface area contributed by atoms with Gasteiger partial charge in [-0.15, -0.1) is 0 Å². The molecule has 1 unspecified atom stereocenters. The van der Waals surface area contributed by atoms with Crippen LogP contribution in [-0.4, -0.2) is 11.3 Å². The molecule has 0 radical (unpaired) electrons. The van der Waals surface area contributed by atoms with Crippen LogP contribution in [-0.2, 0) is 0 Å². The molecule has 0 aromatic rings. The quantitative estimate of drug-likeness (QED) is 0.325. The van der Waals surface area contributed by atoms with Crippen LogP contribution in [0.25, 0.3) is 0 Å². The fourth-order valence-corrected chi connectivity index (χ4v) is 1.28. The molecule has 0 bridgehead atoms. The highest BCUT2D eigenvalue weighted by atomic mass is 16.3. The molecule has 0 fully saturated rings. The van der Waals surface area contributed by atoms with E-state index in [9.17, 15) is 0 Å². The van der Waals surface area contributed by atoms with Crippen LogP contribution < -0.4 is 5.73 Å². The van der Waals surface area contributed by atoms with E-state index in [0.717, 1.165) is 6.42 Å². The van der Waals surface area contributed by atoms with E-state index >= 15 is 0 Å². The predicted octanol–water partition coefficient (Wildman–Crippen LogP) is 0.598. The lowest BCUT2D eigenvalue weighted by atomic mass is 9.89. The molecule has 0 amide bonds. The molecule has 1 aliphatic carbocycles. The maximum Gasteiger partial charge on any atom is 0.214 e. The topological polar surface area (TPSA) is 48.9 Å². The van der Waals surface area contributed by atoms with Crippen molar-refractivity contribution in [2.24, 2.45) is 17.6 Å². The van der Waals surface area contributed by atoms with Gasteiger partial charge in [-0.1, -0.05) is 19.1 Å². The maximum atomic E-state index is 7.26. The standard InChI is InChI=1S/C8H15NO/c1-6-2-4-7(5-3-6)8(9)10/h2,4,6-8,10H,3,5,9H2,1H3/p+1/t6-,7?,8+/m1/s1. The minimum absolute atomic E-state index is 0.302. The lowest BCUT2D eigenvalue weighted by Crippen LogP contribution is -2.29. The van der Waals surface area contributed by atoms with Crippen LogP contribution in [0.1, 0.15) is 19.8 Å². The molecule has 0 spiro atoms. The zero-order chi connectivity index (χ0) is 7.56. The van der Waals surface area contributed by atoms with Crippen LogP contribution in [0.2, 0.25) is 0 Å². The number of hydrogen-bond donors (Lipinski definition) is 1. The Morgan fingerprint density at radius 3 is 2.60 bits per heavy atom. The summed E-state index contributed by atoms with van der Waals surface area (Å²) in [5, 5.41) is 7.26. The molecule has 0 aromatic heterocycles. The molecule has 1 rings (SSSR count). The van der Waals surface area contributed by atoms with Gasteiger partial charge in [-0.25, -0.2) is 0 Å². The minimum Gasteiger partial charge on any atom is -0.431 e. The Labute approximate surface area is 61.7 Å². The first kappa shape index (κ1) is 7.76. The lowest BCUT2D eigenvalue weighted by Gasteiger charge is -2.19. The van der Waals surface area contributed by atoms with E-state index < -0.39 is 6.23 Å². The second-order valence-electron chi connectivity index (χ2n) is 3.13. The maximum absolute atomic E-state index is 7.26. The van der Waals surface area contributed by atoms with Crippen LogP contribution in [0.3, 0.4) is 0 Å². The fourth-order valence-electron chi connectivity index (χ4n) is 1.28. The van der Waals surface area contributed by atoms with Crippen molar-refractivity contribution in [1.82, 2.24) is 0 Å².